The molecule has 0 bridgehead atoms. The number of nitrogens with zero attached hydrogens (tertiary/aromatic N) is 1. The van der Waals surface area contributed by atoms with Crippen molar-refractivity contribution in [1.29, 1.82) is 0 Å². The number of rotatable bonds is 3. The normalized spacial score (nSPS) is 19.2. The molecule has 2 aromatic rings. The molecule has 2 aromatic carbocycles. The zero-order valence-electron chi connectivity index (χ0n) is 13.7. The van der Waals surface area contributed by atoms with E-state index in [-0.39, 0.29) is 19.7 Å². The van der Waals surface area contributed by atoms with Crippen molar-refractivity contribution >= 4 is 21.6 Å². The van der Waals surface area contributed by atoms with Crippen molar-refractivity contribution in [2.75, 3.05) is 19.7 Å². The number of ether oxygens (including phenoxy) is 1. The monoisotopic (exact) mass is 423 g/mol. The third-order valence-corrected chi connectivity index (χ3v) is 6.34. The van der Waals surface area contributed by atoms with Gasteiger partial charge < -0.3 is 4.74 Å². The van der Waals surface area contributed by atoms with E-state index in [1.165, 1.54) is 24.3 Å². The van der Waals surface area contributed by atoms with Crippen molar-refractivity contribution in [3.8, 4) is 0 Å². The van der Waals surface area contributed by atoms with Gasteiger partial charge in [0.05, 0.1) is 28.2 Å². The summed E-state index contributed by atoms with van der Waals surface area (Å²) in [7, 11) is -4.19. The lowest BCUT2D eigenvalue weighted by Gasteiger charge is -2.32. The van der Waals surface area contributed by atoms with Crippen LogP contribution in [0.3, 0.4) is 0 Å². The summed E-state index contributed by atoms with van der Waals surface area (Å²) >= 11 is 5.55. The van der Waals surface area contributed by atoms with Crippen LogP contribution in [-0.4, -0.2) is 32.4 Å². The number of sulfonamides is 1. The predicted octanol–water partition coefficient (Wildman–Crippen LogP) is 4.26. The molecular weight excluding hydrogens is 410 g/mol. The van der Waals surface area contributed by atoms with Gasteiger partial charge >= 0.3 is 6.18 Å². The highest BCUT2D eigenvalue weighted by molar-refractivity contribution is 7.89. The first-order valence-corrected chi connectivity index (χ1v) is 9.65. The van der Waals surface area contributed by atoms with Crippen molar-refractivity contribution in [3.05, 3.63) is 64.4 Å². The van der Waals surface area contributed by atoms with Crippen LogP contribution in [0.15, 0.2) is 47.4 Å². The summed E-state index contributed by atoms with van der Waals surface area (Å²) in [6.45, 7) is -0.0526. The standard InChI is InChI=1S/C17H14ClF4NO3S/c18-15-6-5-13(9-14(15)17(20,21)22)27(24,25)23-7-8-26-16(10-23)11-1-3-12(19)4-2-11/h1-6,9,16H,7-8,10H2. The van der Waals surface area contributed by atoms with Gasteiger partial charge in [0.1, 0.15) is 5.82 Å². The molecule has 1 unspecified atom stereocenters. The first kappa shape index (κ1) is 20.1. The van der Waals surface area contributed by atoms with E-state index in [0.717, 1.165) is 16.4 Å². The molecule has 0 radical (unpaired) electrons. The van der Waals surface area contributed by atoms with Gasteiger partial charge in [0.25, 0.3) is 0 Å². The summed E-state index contributed by atoms with van der Waals surface area (Å²) in [4.78, 5) is -0.501. The Hall–Kier alpha value is -1.68. The van der Waals surface area contributed by atoms with Gasteiger partial charge in [0, 0.05) is 13.1 Å². The van der Waals surface area contributed by atoms with E-state index in [1.807, 2.05) is 0 Å². The zero-order chi connectivity index (χ0) is 19.8. The Morgan fingerprint density at radius 1 is 1.11 bits per heavy atom. The molecule has 0 N–H and O–H groups in total. The topological polar surface area (TPSA) is 46.6 Å². The third-order valence-electron chi connectivity index (χ3n) is 4.15. The molecule has 0 aromatic heterocycles. The Kier molecular flexibility index (Phi) is 5.49. The molecule has 27 heavy (non-hydrogen) atoms. The smallest absolute Gasteiger partial charge is 0.371 e. The second-order valence-electron chi connectivity index (χ2n) is 5.91. The van der Waals surface area contributed by atoms with Crippen LogP contribution in [0.4, 0.5) is 17.6 Å². The summed E-state index contributed by atoms with van der Waals surface area (Å²) in [6, 6.07) is 7.87. The molecule has 1 aliphatic heterocycles. The van der Waals surface area contributed by atoms with E-state index in [2.05, 4.69) is 0 Å². The minimum absolute atomic E-state index is 0.00992. The highest BCUT2D eigenvalue weighted by atomic mass is 35.5. The van der Waals surface area contributed by atoms with Crippen molar-refractivity contribution in [2.45, 2.75) is 17.2 Å². The van der Waals surface area contributed by atoms with Crippen LogP contribution in [-0.2, 0) is 20.9 Å². The van der Waals surface area contributed by atoms with Crippen LogP contribution < -0.4 is 0 Å². The van der Waals surface area contributed by atoms with E-state index >= 15 is 0 Å². The minimum atomic E-state index is -4.77. The maximum atomic E-state index is 13.1. The molecular formula is C17H14ClF4NO3S. The van der Waals surface area contributed by atoms with Gasteiger partial charge in [-0.05, 0) is 35.9 Å². The number of alkyl halides is 3. The number of hydrogen-bond acceptors (Lipinski definition) is 3. The molecule has 0 aliphatic carbocycles. The minimum Gasteiger partial charge on any atom is -0.371 e. The average molecular weight is 424 g/mol. The van der Waals surface area contributed by atoms with Crippen molar-refractivity contribution < 1.29 is 30.7 Å². The van der Waals surface area contributed by atoms with Crippen molar-refractivity contribution in [1.82, 2.24) is 4.31 Å². The van der Waals surface area contributed by atoms with Gasteiger partial charge in [0.2, 0.25) is 10.0 Å². The molecule has 0 saturated carbocycles. The van der Waals surface area contributed by atoms with Crippen LogP contribution in [0.25, 0.3) is 0 Å². The van der Waals surface area contributed by atoms with Crippen LogP contribution in [0.5, 0.6) is 0 Å². The average Bonchev–Trinajstić information content (AvgIpc) is 2.61. The van der Waals surface area contributed by atoms with E-state index in [0.29, 0.717) is 11.6 Å². The van der Waals surface area contributed by atoms with Crippen LogP contribution in [0.1, 0.15) is 17.2 Å². The van der Waals surface area contributed by atoms with E-state index in [4.69, 9.17) is 16.3 Å². The maximum Gasteiger partial charge on any atom is 0.417 e. The van der Waals surface area contributed by atoms with Crippen LogP contribution >= 0.6 is 11.6 Å². The molecule has 1 fully saturated rings. The SMILES string of the molecule is O=S(=O)(c1ccc(Cl)c(C(F)(F)F)c1)N1CCOC(c2ccc(F)cc2)C1. The lowest BCUT2D eigenvalue weighted by Crippen LogP contribution is -2.42. The van der Waals surface area contributed by atoms with E-state index in [9.17, 15) is 26.0 Å². The summed E-state index contributed by atoms with van der Waals surface area (Å²) < 4.78 is 84.4. The van der Waals surface area contributed by atoms with Gasteiger partial charge in [-0.1, -0.05) is 23.7 Å². The van der Waals surface area contributed by atoms with Crippen molar-refractivity contribution in [3.63, 3.8) is 0 Å². The quantitative estimate of drug-likeness (QED) is 0.693. The fourth-order valence-electron chi connectivity index (χ4n) is 2.75. The van der Waals surface area contributed by atoms with Gasteiger partial charge in [-0.2, -0.15) is 17.5 Å². The highest BCUT2D eigenvalue weighted by Gasteiger charge is 2.37. The second kappa shape index (κ2) is 7.38. The molecule has 4 nitrogen and oxygen atoms in total. The molecule has 0 amide bonds. The summed E-state index contributed by atoms with van der Waals surface area (Å²) in [5.41, 5.74) is -0.642. The number of hydrogen-bond donors (Lipinski definition) is 0. The summed E-state index contributed by atoms with van der Waals surface area (Å²) in [5.74, 6) is -0.445. The Labute approximate surface area is 158 Å². The summed E-state index contributed by atoms with van der Waals surface area (Å²) in [5, 5.41) is -0.576. The Bertz CT molecular complexity index is 932. The molecule has 1 heterocycles. The number of benzene rings is 2. The molecule has 146 valence electrons. The van der Waals surface area contributed by atoms with Crippen molar-refractivity contribution in [2.24, 2.45) is 0 Å². The Morgan fingerprint density at radius 3 is 2.41 bits per heavy atom. The first-order chi connectivity index (χ1) is 12.6. The Morgan fingerprint density at radius 2 is 1.78 bits per heavy atom. The largest absolute Gasteiger partial charge is 0.417 e. The molecule has 1 atom stereocenters. The Balaban J connectivity index is 1.89. The van der Waals surface area contributed by atoms with Gasteiger partial charge in [-0.3, -0.25) is 0 Å². The van der Waals surface area contributed by atoms with Gasteiger partial charge in [0.15, 0.2) is 0 Å². The predicted molar refractivity (Wildman–Crippen MR) is 90.3 cm³/mol. The molecule has 3 rings (SSSR count). The van der Waals surface area contributed by atoms with E-state index < -0.39 is 43.6 Å². The van der Waals surface area contributed by atoms with Gasteiger partial charge in [-0.25, -0.2) is 12.8 Å². The first-order valence-electron chi connectivity index (χ1n) is 7.83. The van der Waals surface area contributed by atoms with Crippen LogP contribution in [0.2, 0.25) is 5.02 Å². The highest BCUT2D eigenvalue weighted by Crippen LogP contribution is 2.37. The molecule has 10 heteroatoms. The molecule has 0 spiro atoms. The van der Waals surface area contributed by atoms with Gasteiger partial charge in [-0.15, -0.1) is 0 Å². The maximum absolute atomic E-state index is 13.1. The summed E-state index contributed by atoms with van der Waals surface area (Å²) in [6.07, 6.45) is -5.42. The molecule has 1 saturated heterocycles. The fraction of sp³-hybridized carbons (Fsp3) is 0.294. The fourth-order valence-corrected chi connectivity index (χ4v) is 4.43. The molecule has 1 aliphatic rings. The third kappa shape index (κ3) is 4.26. The van der Waals surface area contributed by atoms with Crippen LogP contribution in [0, 0.1) is 5.82 Å². The lowest BCUT2D eigenvalue weighted by molar-refractivity contribution is -0.137. The second-order valence-corrected chi connectivity index (χ2v) is 8.26. The lowest BCUT2D eigenvalue weighted by atomic mass is 10.1. The van der Waals surface area contributed by atoms with E-state index in [1.54, 1.807) is 0 Å². The number of morpholine rings is 1. The number of halogens is 5. The zero-order valence-corrected chi connectivity index (χ0v) is 15.3.